The Kier molecular flexibility index (Phi) is 3.86. The Labute approximate surface area is 143 Å². The van der Waals surface area contributed by atoms with Gasteiger partial charge in [0.05, 0.1) is 10.4 Å². The number of carbonyl (C=O) groups excluding carboxylic acids is 1. The van der Waals surface area contributed by atoms with Gasteiger partial charge >= 0.3 is 0 Å². The van der Waals surface area contributed by atoms with Crippen LogP contribution in [0.3, 0.4) is 0 Å². The second-order valence-electron chi connectivity index (χ2n) is 5.97. The highest BCUT2D eigenvalue weighted by Crippen LogP contribution is 2.35. The standard InChI is InChI=1S/C17H17N5OS/c18-15-14-13(21-16(22-15)10-5-7-19-8-6-10)12(9-24-14)20-17(23)11-3-1-2-4-11/h5-9,11H,1-4H2,(H,20,23)(H2,18,21,22). The van der Waals surface area contributed by atoms with E-state index in [9.17, 15) is 4.79 Å². The summed E-state index contributed by atoms with van der Waals surface area (Å²) >= 11 is 1.45. The van der Waals surface area contributed by atoms with Crippen molar-refractivity contribution in [3.8, 4) is 11.4 Å². The molecule has 122 valence electrons. The molecule has 0 unspecified atom stereocenters. The highest BCUT2D eigenvalue weighted by Gasteiger charge is 2.24. The van der Waals surface area contributed by atoms with Crippen LogP contribution in [0.5, 0.6) is 0 Å². The Balaban J connectivity index is 1.71. The fraction of sp³-hybridized carbons (Fsp3) is 0.294. The highest BCUT2D eigenvalue weighted by atomic mass is 32.1. The smallest absolute Gasteiger partial charge is 0.227 e. The van der Waals surface area contributed by atoms with Crippen LogP contribution in [0.15, 0.2) is 29.9 Å². The first-order valence-corrected chi connectivity index (χ1v) is 8.86. The molecule has 3 aromatic rings. The summed E-state index contributed by atoms with van der Waals surface area (Å²) in [6.07, 6.45) is 7.57. The molecule has 4 rings (SSSR count). The zero-order chi connectivity index (χ0) is 16.5. The second-order valence-corrected chi connectivity index (χ2v) is 6.85. The van der Waals surface area contributed by atoms with Gasteiger partial charge in [-0.1, -0.05) is 12.8 Å². The van der Waals surface area contributed by atoms with Crippen molar-refractivity contribution in [3.63, 3.8) is 0 Å². The van der Waals surface area contributed by atoms with Gasteiger partial charge in [0, 0.05) is 29.3 Å². The molecule has 1 aliphatic carbocycles. The molecule has 0 aliphatic heterocycles. The van der Waals surface area contributed by atoms with Crippen LogP contribution < -0.4 is 11.1 Å². The lowest BCUT2D eigenvalue weighted by atomic mass is 10.1. The zero-order valence-corrected chi connectivity index (χ0v) is 13.8. The van der Waals surface area contributed by atoms with Gasteiger partial charge < -0.3 is 11.1 Å². The summed E-state index contributed by atoms with van der Waals surface area (Å²) in [6.45, 7) is 0. The van der Waals surface area contributed by atoms with Crippen LogP contribution in [0.4, 0.5) is 11.5 Å². The molecule has 1 fully saturated rings. The quantitative estimate of drug-likeness (QED) is 0.762. The summed E-state index contributed by atoms with van der Waals surface area (Å²) in [5, 5.41) is 4.91. The molecule has 3 heterocycles. The first-order valence-electron chi connectivity index (χ1n) is 7.98. The Morgan fingerprint density at radius 3 is 2.71 bits per heavy atom. The molecule has 0 atom stereocenters. The number of nitrogens with zero attached hydrogens (tertiary/aromatic N) is 3. The number of thiophene rings is 1. The summed E-state index contributed by atoms with van der Waals surface area (Å²) in [6, 6.07) is 3.67. The Bertz CT molecular complexity index is 887. The zero-order valence-electron chi connectivity index (χ0n) is 13.0. The van der Waals surface area contributed by atoms with E-state index in [2.05, 4.69) is 20.3 Å². The molecule has 0 bridgehead atoms. The van der Waals surface area contributed by atoms with Gasteiger partial charge in [0.2, 0.25) is 5.91 Å². The number of aromatic nitrogens is 3. The van der Waals surface area contributed by atoms with Crippen molar-refractivity contribution in [1.82, 2.24) is 15.0 Å². The number of nitrogens with one attached hydrogen (secondary N) is 1. The van der Waals surface area contributed by atoms with Gasteiger partial charge in [-0.25, -0.2) is 9.97 Å². The molecule has 0 spiro atoms. The fourth-order valence-electron chi connectivity index (χ4n) is 3.08. The summed E-state index contributed by atoms with van der Waals surface area (Å²) in [5.74, 6) is 1.16. The topological polar surface area (TPSA) is 93.8 Å². The van der Waals surface area contributed by atoms with Crippen molar-refractivity contribution < 1.29 is 4.79 Å². The Hall–Kier alpha value is -2.54. The third-order valence-electron chi connectivity index (χ3n) is 4.36. The molecule has 0 radical (unpaired) electrons. The van der Waals surface area contributed by atoms with Gasteiger partial charge in [-0.2, -0.15) is 0 Å². The van der Waals surface area contributed by atoms with E-state index >= 15 is 0 Å². The van der Waals surface area contributed by atoms with E-state index in [1.807, 2.05) is 17.5 Å². The molecule has 6 nitrogen and oxygen atoms in total. The third-order valence-corrected chi connectivity index (χ3v) is 5.36. The maximum atomic E-state index is 12.4. The van der Waals surface area contributed by atoms with E-state index in [1.165, 1.54) is 11.3 Å². The first kappa shape index (κ1) is 15.0. The molecule has 3 aromatic heterocycles. The van der Waals surface area contributed by atoms with Crippen LogP contribution in [-0.2, 0) is 4.79 Å². The molecule has 24 heavy (non-hydrogen) atoms. The molecule has 1 amide bonds. The number of fused-ring (bicyclic) bond motifs is 1. The third kappa shape index (κ3) is 2.71. The number of anilines is 2. The van der Waals surface area contributed by atoms with Gasteiger partial charge in [0.15, 0.2) is 5.82 Å². The van der Waals surface area contributed by atoms with E-state index in [-0.39, 0.29) is 11.8 Å². The molecule has 1 saturated carbocycles. The van der Waals surface area contributed by atoms with E-state index in [0.29, 0.717) is 17.2 Å². The number of pyridine rings is 1. The average molecular weight is 339 g/mol. The van der Waals surface area contributed by atoms with Crippen molar-refractivity contribution in [2.24, 2.45) is 5.92 Å². The lowest BCUT2D eigenvalue weighted by Crippen LogP contribution is -2.20. The van der Waals surface area contributed by atoms with E-state index in [0.717, 1.165) is 41.6 Å². The number of rotatable bonds is 3. The van der Waals surface area contributed by atoms with Crippen molar-refractivity contribution in [1.29, 1.82) is 0 Å². The van der Waals surface area contributed by atoms with Crippen LogP contribution in [0.25, 0.3) is 21.6 Å². The van der Waals surface area contributed by atoms with Crippen LogP contribution in [-0.4, -0.2) is 20.9 Å². The normalized spacial score (nSPS) is 15.0. The predicted molar refractivity (Wildman–Crippen MR) is 95.6 cm³/mol. The van der Waals surface area contributed by atoms with Gasteiger partial charge in [0.1, 0.15) is 11.3 Å². The van der Waals surface area contributed by atoms with Gasteiger partial charge in [-0.15, -0.1) is 11.3 Å². The van der Waals surface area contributed by atoms with Crippen molar-refractivity contribution in [2.45, 2.75) is 25.7 Å². The molecule has 7 heteroatoms. The van der Waals surface area contributed by atoms with Crippen molar-refractivity contribution >= 4 is 39.0 Å². The van der Waals surface area contributed by atoms with Gasteiger partial charge in [-0.05, 0) is 25.0 Å². The van der Waals surface area contributed by atoms with Gasteiger partial charge in [-0.3, -0.25) is 9.78 Å². The van der Waals surface area contributed by atoms with E-state index in [1.54, 1.807) is 12.4 Å². The summed E-state index contributed by atoms with van der Waals surface area (Å²) in [4.78, 5) is 25.4. The van der Waals surface area contributed by atoms with Crippen LogP contribution in [0.2, 0.25) is 0 Å². The Morgan fingerprint density at radius 2 is 1.96 bits per heavy atom. The minimum atomic E-state index is 0.0786. The summed E-state index contributed by atoms with van der Waals surface area (Å²) in [7, 11) is 0. The largest absolute Gasteiger partial charge is 0.382 e. The monoisotopic (exact) mass is 339 g/mol. The second kappa shape index (κ2) is 6.16. The number of hydrogen-bond donors (Lipinski definition) is 2. The summed E-state index contributed by atoms with van der Waals surface area (Å²) in [5.41, 5.74) is 8.36. The Morgan fingerprint density at radius 1 is 1.21 bits per heavy atom. The maximum Gasteiger partial charge on any atom is 0.227 e. The lowest BCUT2D eigenvalue weighted by Gasteiger charge is -2.09. The SMILES string of the molecule is Nc1nc(-c2ccncc2)nc2c(NC(=O)C3CCCC3)csc12. The van der Waals surface area contributed by atoms with E-state index in [4.69, 9.17) is 5.73 Å². The van der Waals surface area contributed by atoms with Crippen molar-refractivity contribution in [3.05, 3.63) is 29.9 Å². The summed E-state index contributed by atoms with van der Waals surface area (Å²) < 4.78 is 0.800. The van der Waals surface area contributed by atoms with Crippen molar-refractivity contribution in [2.75, 3.05) is 11.1 Å². The number of nitrogen functional groups attached to an aromatic ring is 1. The predicted octanol–water partition coefficient (Wildman–Crippen LogP) is 3.46. The molecule has 1 aliphatic rings. The molecule has 0 saturated heterocycles. The van der Waals surface area contributed by atoms with E-state index < -0.39 is 0 Å². The average Bonchev–Trinajstić information content (AvgIpc) is 3.26. The fourth-order valence-corrected chi connectivity index (χ4v) is 3.92. The minimum absolute atomic E-state index is 0.0786. The highest BCUT2D eigenvalue weighted by molar-refractivity contribution is 7.18. The molecule has 3 N–H and O–H groups in total. The maximum absolute atomic E-state index is 12.4. The molecular weight excluding hydrogens is 322 g/mol. The van der Waals surface area contributed by atoms with Crippen LogP contribution in [0.1, 0.15) is 25.7 Å². The number of hydrogen-bond acceptors (Lipinski definition) is 6. The van der Waals surface area contributed by atoms with Crippen LogP contribution in [0, 0.1) is 5.92 Å². The lowest BCUT2D eigenvalue weighted by molar-refractivity contribution is -0.119. The van der Waals surface area contributed by atoms with Crippen LogP contribution >= 0.6 is 11.3 Å². The number of amides is 1. The van der Waals surface area contributed by atoms with Gasteiger partial charge in [0.25, 0.3) is 0 Å². The number of carbonyl (C=O) groups is 1. The molecular formula is C17H17N5OS. The minimum Gasteiger partial charge on any atom is -0.382 e. The molecule has 0 aromatic carbocycles. The number of nitrogens with two attached hydrogens (primary N) is 1. The first-order chi connectivity index (χ1) is 11.7.